The van der Waals surface area contributed by atoms with Crippen LogP contribution in [0.3, 0.4) is 0 Å². The van der Waals surface area contributed by atoms with Crippen molar-refractivity contribution in [1.29, 1.82) is 0 Å². The lowest BCUT2D eigenvalue weighted by Crippen LogP contribution is -2.41. The molecule has 4 nitrogen and oxygen atoms in total. The third-order valence-electron chi connectivity index (χ3n) is 2.73. The van der Waals surface area contributed by atoms with Crippen LogP contribution in [-0.2, 0) is 14.3 Å². The van der Waals surface area contributed by atoms with Gasteiger partial charge in [-0.1, -0.05) is 19.8 Å². The van der Waals surface area contributed by atoms with Crippen LogP contribution in [0.4, 0.5) is 0 Å². The Labute approximate surface area is 97.7 Å². The van der Waals surface area contributed by atoms with Gasteiger partial charge < -0.3 is 14.8 Å². The molecule has 0 radical (unpaired) electrons. The summed E-state index contributed by atoms with van der Waals surface area (Å²) in [5, 5.41) is 3.36. The first kappa shape index (κ1) is 13.6. The zero-order valence-corrected chi connectivity index (χ0v) is 10.3. The fourth-order valence-corrected chi connectivity index (χ4v) is 1.80. The highest BCUT2D eigenvalue weighted by atomic mass is 16.7. The smallest absolute Gasteiger partial charge is 0.172 e. The molecule has 0 aliphatic carbocycles. The summed E-state index contributed by atoms with van der Waals surface area (Å²) in [6.07, 6.45) is 3.81. The maximum atomic E-state index is 10.9. The highest BCUT2D eigenvalue weighted by Gasteiger charge is 2.25. The van der Waals surface area contributed by atoms with E-state index in [2.05, 4.69) is 12.2 Å². The molecular formula is C12H23NO3. The molecule has 0 aromatic heterocycles. The van der Waals surface area contributed by atoms with Gasteiger partial charge in [0.2, 0.25) is 0 Å². The van der Waals surface area contributed by atoms with Crippen LogP contribution >= 0.6 is 0 Å². The van der Waals surface area contributed by atoms with E-state index in [0.717, 1.165) is 19.3 Å². The number of carbonyl (C=O) groups excluding carboxylic acids is 1. The van der Waals surface area contributed by atoms with E-state index < -0.39 is 0 Å². The minimum absolute atomic E-state index is 0.126. The highest BCUT2D eigenvalue weighted by molar-refractivity contribution is 5.75. The average molecular weight is 229 g/mol. The van der Waals surface area contributed by atoms with E-state index in [4.69, 9.17) is 9.47 Å². The summed E-state index contributed by atoms with van der Waals surface area (Å²) in [7, 11) is 0. The lowest BCUT2D eigenvalue weighted by atomic mass is 10.1. The minimum Gasteiger partial charge on any atom is -0.349 e. The van der Waals surface area contributed by atoms with Crippen LogP contribution in [0.2, 0.25) is 0 Å². The quantitative estimate of drug-likeness (QED) is 0.685. The van der Waals surface area contributed by atoms with E-state index in [-0.39, 0.29) is 18.1 Å². The van der Waals surface area contributed by atoms with Crippen LogP contribution in [0.15, 0.2) is 0 Å². The fourth-order valence-electron chi connectivity index (χ4n) is 1.80. The van der Waals surface area contributed by atoms with Gasteiger partial charge in [0.25, 0.3) is 0 Å². The molecule has 1 saturated heterocycles. The molecule has 16 heavy (non-hydrogen) atoms. The topological polar surface area (TPSA) is 47.6 Å². The first-order valence-corrected chi connectivity index (χ1v) is 6.20. The van der Waals surface area contributed by atoms with Gasteiger partial charge in [-0.05, 0) is 13.3 Å². The van der Waals surface area contributed by atoms with Gasteiger partial charge in [-0.2, -0.15) is 0 Å². The summed E-state index contributed by atoms with van der Waals surface area (Å²) in [5.74, 6) is 0.218. The Hall–Kier alpha value is -0.450. The van der Waals surface area contributed by atoms with Crippen LogP contribution in [0.25, 0.3) is 0 Å². The van der Waals surface area contributed by atoms with E-state index in [9.17, 15) is 4.79 Å². The Morgan fingerprint density at radius 2 is 2.12 bits per heavy atom. The number of ketones is 1. The van der Waals surface area contributed by atoms with Gasteiger partial charge in [-0.3, -0.25) is 4.79 Å². The zero-order chi connectivity index (χ0) is 11.8. The lowest BCUT2D eigenvalue weighted by Gasteiger charge is -2.23. The van der Waals surface area contributed by atoms with E-state index >= 15 is 0 Å². The van der Waals surface area contributed by atoms with Crippen LogP contribution in [0.5, 0.6) is 0 Å². The standard InChI is InChI=1S/C12H23NO3/c1-3-4-5-11(12-15-8-9-16-12)13-7-6-10(2)14/h11-13H,3-9H2,1-2H3. The molecule has 1 atom stereocenters. The number of ether oxygens (including phenoxy) is 2. The van der Waals surface area contributed by atoms with Crippen molar-refractivity contribution in [3.8, 4) is 0 Å². The van der Waals surface area contributed by atoms with Crippen molar-refractivity contribution in [3.63, 3.8) is 0 Å². The maximum Gasteiger partial charge on any atom is 0.172 e. The maximum absolute atomic E-state index is 10.9. The minimum atomic E-state index is -0.126. The Balaban J connectivity index is 2.27. The number of hydrogen-bond acceptors (Lipinski definition) is 4. The van der Waals surface area contributed by atoms with Crippen molar-refractivity contribution in [1.82, 2.24) is 5.32 Å². The molecule has 1 aliphatic heterocycles. The number of hydrogen-bond donors (Lipinski definition) is 1. The molecule has 0 amide bonds. The summed E-state index contributed by atoms with van der Waals surface area (Å²) >= 11 is 0. The molecule has 94 valence electrons. The van der Waals surface area contributed by atoms with Gasteiger partial charge in [0, 0.05) is 13.0 Å². The van der Waals surface area contributed by atoms with E-state index in [0.29, 0.717) is 26.2 Å². The molecule has 1 heterocycles. The Morgan fingerprint density at radius 1 is 1.44 bits per heavy atom. The van der Waals surface area contributed by atoms with Gasteiger partial charge >= 0.3 is 0 Å². The molecule has 0 saturated carbocycles. The lowest BCUT2D eigenvalue weighted by molar-refractivity contribution is -0.117. The molecule has 0 bridgehead atoms. The molecular weight excluding hydrogens is 206 g/mol. The van der Waals surface area contributed by atoms with Crippen molar-refractivity contribution in [3.05, 3.63) is 0 Å². The summed E-state index contributed by atoms with van der Waals surface area (Å²) in [6, 6.07) is 0.224. The predicted octanol–water partition coefficient (Wildman–Crippen LogP) is 1.49. The second-order valence-electron chi connectivity index (χ2n) is 4.26. The summed E-state index contributed by atoms with van der Waals surface area (Å²) in [4.78, 5) is 10.9. The monoisotopic (exact) mass is 229 g/mol. The first-order valence-electron chi connectivity index (χ1n) is 6.20. The Bertz CT molecular complexity index is 202. The summed E-state index contributed by atoms with van der Waals surface area (Å²) in [6.45, 7) is 5.87. The Morgan fingerprint density at radius 3 is 2.69 bits per heavy atom. The second-order valence-corrected chi connectivity index (χ2v) is 4.26. The third-order valence-corrected chi connectivity index (χ3v) is 2.73. The number of carbonyl (C=O) groups is 1. The van der Waals surface area contributed by atoms with E-state index in [1.807, 2.05) is 0 Å². The molecule has 4 heteroatoms. The van der Waals surface area contributed by atoms with Crippen LogP contribution in [0.1, 0.15) is 39.5 Å². The van der Waals surface area contributed by atoms with Gasteiger partial charge in [0.15, 0.2) is 6.29 Å². The molecule has 1 rings (SSSR count). The van der Waals surface area contributed by atoms with Gasteiger partial charge in [-0.25, -0.2) is 0 Å². The SMILES string of the molecule is CCCCC(NCCC(C)=O)C1OCCO1. The van der Waals surface area contributed by atoms with Gasteiger partial charge in [0.05, 0.1) is 19.3 Å². The van der Waals surface area contributed by atoms with Crippen LogP contribution in [0, 0.1) is 0 Å². The van der Waals surface area contributed by atoms with Crippen molar-refractivity contribution < 1.29 is 14.3 Å². The third kappa shape index (κ3) is 5.05. The fraction of sp³-hybridized carbons (Fsp3) is 0.917. The molecule has 0 aromatic rings. The predicted molar refractivity (Wildman–Crippen MR) is 62.3 cm³/mol. The molecule has 1 aliphatic rings. The van der Waals surface area contributed by atoms with Crippen molar-refractivity contribution >= 4 is 5.78 Å². The number of rotatable bonds is 8. The van der Waals surface area contributed by atoms with E-state index in [1.54, 1.807) is 6.92 Å². The van der Waals surface area contributed by atoms with Crippen LogP contribution < -0.4 is 5.32 Å². The van der Waals surface area contributed by atoms with Crippen molar-refractivity contribution in [2.75, 3.05) is 19.8 Å². The number of unbranched alkanes of at least 4 members (excludes halogenated alkanes) is 1. The van der Waals surface area contributed by atoms with Gasteiger partial charge in [0.1, 0.15) is 5.78 Å². The van der Waals surface area contributed by atoms with Crippen LogP contribution in [-0.4, -0.2) is 37.9 Å². The normalized spacial score (nSPS) is 18.9. The van der Waals surface area contributed by atoms with Crippen molar-refractivity contribution in [2.45, 2.75) is 51.9 Å². The number of nitrogens with one attached hydrogen (secondary N) is 1. The largest absolute Gasteiger partial charge is 0.349 e. The summed E-state index contributed by atoms with van der Waals surface area (Å²) < 4.78 is 11.0. The Kier molecular flexibility index (Phi) is 6.61. The molecule has 0 spiro atoms. The zero-order valence-electron chi connectivity index (χ0n) is 10.3. The van der Waals surface area contributed by atoms with Crippen molar-refractivity contribution in [2.24, 2.45) is 0 Å². The molecule has 1 fully saturated rings. The summed E-state index contributed by atoms with van der Waals surface area (Å²) in [5.41, 5.74) is 0. The van der Waals surface area contributed by atoms with Gasteiger partial charge in [-0.15, -0.1) is 0 Å². The number of Topliss-reactive ketones (excluding diaryl/α,β-unsaturated/α-hetero) is 1. The molecule has 1 N–H and O–H groups in total. The second kappa shape index (κ2) is 7.76. The molecule has 0 aromatic carbocycles. The molecule has 1 unspecified atom stereocenters. The van der Waals surface area contributed by atoms with E-state index in [1.165, 1.54) is 0 Å². The average Bonchev–Trinajstić information content (AvgIpc) is 2.75. The highest BCUT2D eigenvalue weighted by Crippen LogP contribution is 2.13. The first-order chi connectivity index (χ1) is 7.74.